The van der Waals surface area contributed by atoms with Gasteiger partial charge in [-0.2, -0.15) is 0 Å². The average molecular weight is 832 g/mol. The van der Waals surface area contributed by atoms with Crippen molar-refractivity contribution in [3.05, 3.63) is 99.8 Å². The number of halogens is 1. The molecule has 0 aliphatic carbocycles. The van der Waals surface area contributed by atoms with E-state index in [0.717, 1.165) is 83.4 Å². The monoisotopic (exact) mass is 831 g/mol. The highest BCUT2D eigenvalue weighted by molar-refractivity contribution is 6.00. The van der Waals surface area contributed by atoms with Crippen LogP contribution in [0.5, 0.6) is 0 Å². The minimum absolute atomic E-state index is 0.0391. The number of hydrogen-bond donors (Lipinski definition) is 2. The number of anilines is 2. The molecule has 0 spiro atoms. The maximum Gasteiger partial charge on any atom is 0.420 e. The van der Waals surface area contributed by atoms with E-state index in [9.17, 15) is 28.4 Å². The minimum Gasteiger partial charge on any atom is -0.408 e. The molecule has 15 nitrogen and oxygen atoms in total. The summed E-state index contributed by atoms with van der Waals surface area (Å²) in [6, 6.07) is 16.9. The highest BCUT2D eigenvalue weighted by Gasteiger charge is 2.33. The fraction of sp³-hybridized carbons (Fsp3) is 0.444. The summed E-state index contributed by atoms with van der Waals surface area (Å²) in [5, 5.41) is 5.69. The predicted octanol–water partition coefficient (Wildman–Crippen LogP) is 4.74. The Bertz CT molecular complexity index is 2550. The van der Waals surface area contributed by atoms with Crippen LogP contribution in [0.15, 0.2) is 87.1 Å². The molecule has 0 saturated carbocycles. The quantitative estimate of drug-likeness (QED) is 0.187. The van der Waals surface area contributed by atoms with E-state index in [1.807, 2.05) is 23.1 Å². The Balaban J connectivity index is 0.703. The lowest BCUT2D eigenvalue weighted by Gasteiger charge is -2.38. The standard InChI is InChI=1S/C45H50FN9O6/c46-35-28-47-44(50-41(35)31-4-3-5-34(26-31)54-18-2-1-6-40(54)57)48-32-16-24-53(25-17-32)43(59)30-14-20-51(21-15-30)19-11-29-12-22-52(23-13-29)33-7-8-36-38(27-33)61-45(60)55(36)37-9-10-39(56)49-42(37)58/h1-8,18,26-30,32,37H,9-17,19-25H2,(H,47,48,50)(H,49,56,58). The number of benzene rings is 2. The number of imide groups is 1. The molecule has 7 heterocycles. The number of amides is 3. The van der Waals surface area contributed by atoms with Crippen LogP contribution in [0.25, 0.3) is 28.0 Å². The van der Waals surface area contributed by atoms with E-state index in [1.165, 1.54) is 21.4 Å². The third-order valence-corrected chi connectivity index (χ3v) is 13.0. The molecule has 2 N–H and O–H groups in total. The molecule has 3 aromatic heterocycles. The zero-order chi connectivity index (χ0) is 42.0. The van der Waals surface area contributed by atoms with Crippen molar-refractivity contribution in [2.45, 2.75) is 69.9 Å². The zero-order valence-electron chi connectivity index (χ0n) is 34.0. The zero-order valence-corrected chi connectivity index (χ0v) is 34.0. The number of pyridine rings is 1. The van der Waals surface area contributed by atoms with E-state index in [0.29, 0.717) is 47.3 Å². The van der Waals surface area contributed by atoms with E-state index < -0.39 is 23.5 Å². The van der Waals surface area contributed by atoms with Gasteiger partial charge < -0.3 is 24.4 Å². The maximum absolute atomic E-state index is 15.0. The number of aromatic nitrogens is 4. The van der Waals surface area contributed by atoms with Gasteiger partial charge in [-0.3, -0.25) is 33.6 Å². The third-order valence-electron chi connectivity index (χ3n) is 13.0. The number of rotatable bonds is 10. The van der Waals surface area contributed by atoms with Crippen LogP contribution in [-0.2, 0) is 14.4 Å². The van der Waals surface area contributed by atoms with Gasteiger partial charge in [0, 0.05) is 79.8 Å². The maximum atomic E-state index is 15.0. The van der Waals surface area contributed by atoms with Crippen LogP contribution in [-0.4, -0.2) is 98.5 Å². The molecular formula is C45H50FN9O6. The summed E-state index contributed by atoms with van der Waals surface area (Å²) >= 11 is 0. The Morgan fingerprint density at radius 2 is 1.66 bits per heavy atom. The molecule has 9 rings (SSSR count). The molecule has 2 aromatic carbocycles. The molecule has 3 amide bonds. The fourth-order valence-electron chi connectivity index (χ4n) is 9.46. The number of piperidine rings is 4. The fourth-order valence-corrected chi connectivity index (χ4v) is 9.46. The first-order valence-electron chi connectivity index (χ1n) is 21.5. The number of oxazole rings is 1. The minimum atomic E-state index is -0.762. The molecule has 4 fully saturated rings. The van der Waals surface area contributed by atoms with Crippen LogP contribution in [0.4, 0.5) is 16.0 Å². The van der Waals surface area contributed by atoms with Crippen molar-refractivity contribution in [1.82, 2.24) is 34.2 Å². The van der Waals surface area contributed by atoms with Gasteiger partial charge >= 0.3 is 5.76 Å². The summed E-state index contributed by atoms with van der Waals surface area (Å²) in [6.45, 7) is 5.98. The van der Waals surface area contributed by atoms with Crippen LogP contribution in [0.2, 0.25) is 0 Å². The Labute approximate surface area is 351 Å². The van der Waals surface area contributed by atoms with Crippen molar-refractivity contribution in [3.8, 4) is 16.9 Å². The first-order valence-corrected chi connectivity index (χ1v) is 21.5. The summed E-state index contributed by atoms with van der Waals surface area (Å²) in [5.41, 5.74) is 3.10. The Hall–Kier alpha value is -6.16. The Morgan fingerprint density at radius 1 is 0.852 bits per heavy atom. The van der Waals surface area contributed by atoms with Gasteiger partial charge in [-0.25, -0.2) is 19.2 Å². The molecule has 5 aromatic rings. The number of nitrogens with zero attached hydrogens (tertiary/aromatic N) is 7. The second-order valence-electron chi connectivity index (χ2n) is 16.8. The lowest BCUT2D eigenvalue weighted by molar-refractivity contribution is -0.138. The summed E-state index contributed by atoms with van der Waals surface area (Å²) in [6.07, 6.45) is 9.77. The number of likely N-dealkylation sites (tertiary alicyclic amines) is 2. The predicted molar refractivity (Wildman–Crippen MR) is 227 cm³/mol. The van der Waals surface area contributed by atoms with E-state index in [2.05, 4.69) is 30.4 Å². The molecule has 4 saturated heterocycles. The SMILES string of the molecule is O=C1CCC(n2c(=O)oc3cc(N4CCC(CCN5CCC(C(=O)N6CCC(Nc7ncc(F)c(-c8cccc(-n9ccccc9=O)c8)n7)CC6)CC5)CC4)ccc32)C(=O)N1. The summed E-state index contributed by atoms with van der Waals surface area (Å²) in [4.78, 5) is 78.3. The first kappa shape index (κ1) is 40.3. The first-order chi connectivity index (χ1) is 29.7. The van der Waals surface area contributed by atoms with Gasteiger partial charge in [-0.05, 0) is 107 Å². The summed E-state index contributed by atoms with van der Waals surface area (Å²) in [5.74, 6) is -0.725. The number of hydrogen-bond acceptors (Lipinski definition) is 11. The molecule has 0 radical (unpaired) electrons. The van der Waals surface area contributed by atoms with Crippen molar-refractivity contribution in [2.75, 3.05) is 56.0 Å². The third kappa shape index (κ3) is 8.72. The second-order valence-corrected chi connectivity index (χ2v) is 16.8. The molecule has 1 atom stereocenters. The van der Waals surface area contributed by atoms with E-state index in [-0.39, 0.29) is 47.9 Å². The smallest absolute Gasteiger partial charge is 0.408 e. The molecule has 16 heteroatoms. The highest BCUT2D eigenvalue weighted by atomic mass is 19.1. The van der Waals surface area contributed by atoms with Crippen LogP contribution in [0.1, 0.15) is 63.8 Å². The lowest BCUT2D eigenvalue weighted by atomic mass is 9.91. The molecule has 318 valence electrons. The van der Waals surface area contributed by atoms with Gasteiger partial charge in [0.1, 0.15) is 11.7 Å². The second kappa shape index (κ2) is 17.4. The van der Waals surface area contributed by atoms with Crippen molar-refractivity contribution in [3.63, 3.8) is 0 Å². The molecule has 0 bridgehead atoms. The number of nitrogens with one attached hydrogen (secondary N) is 2. The van der Waals surface area contributed by atoms with E-state index in [1.54, 1.807) is 42.6 Å². The number of fused-ring (bicyclic) bond motifs is 1. The molecular weight excluding hydrogens is 782 g/mol. The van der Waals surface area contributed by atoms with Crippen LogP contribution in [0.3, 0.4) is 0 Å². The van der Waals surface area contributed by atoms with Gasteiger partial charge in [-0.15, -0.1) is 0 Å². The topological polar surface area (TPSA) is 168 Å². The van der Waals surface area contributed by atoms with Crippen LogP contribution in [0, 0.1) is 17.7 Å². The van der Waals surface area contributed by atoms with Crippen molar-refractivity contribution < 1.29 is 23.2 Å². The van der Waals surface area contributed by atoms with Crippen molar-refractivity contribution in [2.24, 2.45) is 11.8 Å². The van der Waals surface area contributed by atoms with Gasteiger partial charge in [0.2, 0.25) is 23.7 Å². The highest BCUT2D eigenvalue weighted by Crippen LogP contribution is 2.31. The molecule has 1 unspecified atom stereocenters. The van der Waals surface area contributed by atoms with Crippen LogP contribution >= 0.6 is 0 Å². The van der Waals surface area contributed by atoms with E-state index in [4.69, 9.17) is 4.42 Å². The lowest BCUT2D eigenvalue weighted by Crippen LogP contribution is -2.47. The van der Waals surface area contributed by atoms with E-state index >= 15 is 0 Å². The van der Waals surface area contributed by atoms with Crippen molar-refractivity contribution >= 4 is 40.5 Å². The largest absolute Gasteiger partial charge is 0.420 e. The molecule has 61 heavy (non-hydrogen) atoms. The molecule has 4 aliphatic heterocycles. The normalized spacial score (nSPS) is 20.0. The number of carbonyl (C=O) groups excluding carboxylic acids is 3. The summed E-state index contributed by atoms with van der Waals surface area (Å²) in [7, 11) is 0. The van der Waals surface area contributed by atoms with Gasteiger partial charge in [-0.1, -0.05) is 18.2 Å². The van der Waals surface area contributed by atoms with Crippen LogP contribution < -0.4 is 26.8 Å². The molecule has 4 aliphatic rings. The average Bonchev–Trinajstić information content (AvgIpc) is 3.61. The van der Waals surface area contributed by atoms with Gasteiger partial charge in [0.25, 0.3) is 5.56 Å². The number of carbonyl (C=O) groups is 3. The van der Waals surface area contributed by atoms with Gasteiger partial charge in [0.05, 0.1) is 11.7 Å². The van der Waals surface area contributed by atoms with Gasteiger partial charge in [0.15, 0.2) is 11.4 Å². The van der Waals surface area contributed by atoms with Crippen molar-refractivity contribution in [1.29, 1.82) is 0 Å². The Morgan fingerprint density at radius 3 is 2.43 bits per heavy atom. The summed E-state index contributed by atoms with van der Waals surface area (Å²) < 4.78 is 23.4. The Kier molecular flexibility index (Phi) is 11.5.